The van der Waals surface area contributed by atoms with Crippen LogP contribution >= 0.6 is 0 Å². The minimum Gasteiger partial charge on any atom is -0.353 e. The van der Waals surface area contributed by atoms with E-state index in [9.17, 15) is 4.79 Å². The first-order valence-corrected chi connectivity index (χ1v) is 6.86. The highest BCUT2D eigenvalue weighted by atomic mass is 16.1. The summed E-state index contributed by atoms with van der Waals surface area (Å²) in [5, 5.41) is 11.9. The molecular weight excluding hydrogens is 238 g/mol. The minimum atomic E-state index is 0.109. The van der Waals surface area contributed by atoms with Crippen molar-refractivity contribution in [3.63, 3.8) is 0 Å². The number of amides is 1. The van der Waals surface area contributed by atoms with Gasteiger partial charge in [0.25, 0.3) is 0 Å². The molecular formula is C15H19N3O. The lowest BCUT2D eigenvalue weighted by Gasteiger charge is -2.25. The van der Waals surface area contributed by atoms with Crippen molar-refractivity contribution in [1.82, 2.24) is 10.3 Å². The molecule has 0 aromatic carbocycles. The summed E-state index contributed by atoms with van der Waals surface area (Å²) in [6.07, 6.45) is 8.44. The predicted molar refractivity (Wildman–Crippen MR) is 72.1 cm³/mol. The van der Waals surface area contributed by atoms with Gasteiger partial charge in [0, 0.05) is 30.8 Å². The molecule has 1 saturated carbocycles. The van der Waals surface area contributed by atoms with Crippen molar-refractivity contribution in [3.05, 3.63) is 30.1 Å². The highest BCUT2D eigenvalue weighted by Gasteiger charge is 2.21. The van der Waals surface area contributed by atoms with Gasteiger partial charge in [-0.1, -0.05) is 0 Å². The van der Waals surface area contributed by atoms with Crippen molar-refractivity contribution >= 4 is 5.91 Å². The van der Waals surface area contributed by atoms with Gasteiger partial charge in [0.1, 0.15) is 0 Å². The molecule has 100 valence electrons. The van der Waals surface area contributed by atoms with Gasteiger partial charge in [0.05, 0.1) is 6.07 Å². The Morgan fingerprint density at radius 1 is 1.32 bits per heavy atom. The van der Waals surface area contributed by atoms with E-state index in [0.29, 0.717) is 6.42 Å². The molecule has 1 aliphatic rings. The second-order valence-corrected chi connectivity index (χ2v) is 5.10. The zero-order valence-electron chi connectivity index (χ0n) is 11.0. The molecule has 1 aromatic heterocycles. The van der Waals surface area contributed by atoms with Crippen LogP contribution in [0.1, 0.15) is 37.7 Å². The molecule has 0 saturated heterocycles. The van der Waals surface area contributed by atoms with E-state index < -0.39 is 0 Å². The first kappa shape index (κ1) is 13.5. The zero-order chi connectivity index (χ0) is 13.5. The molecule has 0 spiro atoms. The Balaban J connectivity index is 1.69. The molecule has 2 rings (SSSR count). The quantitative estimate of drug-likeness (QED) is 0.899. The van der Waals surface area contributed by atoms with Gasteiger partial charge in [0.15, 0.2) is 0 Å². The molecule has 1 aromatic rings. The SMILES string of the molecule is N#CC1CCC(NC(=O)CCc2ccncc2)CC1. The average molecular weight is 257 g/mol. The first-order chi connectivity index (χ1) is 9.28. The van der Waals surface area contributed by atoms with Gasteiger partial charge in [-0.2, -0.15) is 5.26 Å². The maximum Gasteiger partial charge on any atom is 0.220 e. The second-order valence-electron chi connectivity index (χ2n) is 5.10. The maximum absolute atomic E-state index is 11.8. The molecule has 4 nitrogen and oxygen atoms in total. The second kappa shape index (κ2) is 6.89. The van der Waals surface area contributed by atoms with E-state index in [-0.39, 0.29) is 17.9 Å². The summed E-state index contributed by atoms with van der Waals surface area (Å²) in [7, 11) is 0. The number of carbonyl (C=O) groups is 1. The highest BCUT2D eigenvalue weighted by Crippen LogP contribution is 2.23. The topological polar surface area (TPSA) is 65.8 Å². The molecule has 1 amide bonds. The molecule has 0 radical (unpaired) electrons. The van der Waals surface area contributed by atoms with Gasteiger partial charge in [-0.15, -0.1) is 0 Å². The van der Waals surface area contributed by atoms with Crippen LogP contribution in [0.4, 0.5) is 0 Å². The number of hydrogen-bond donors (Lipinski definition) is 1. The normalized spacial score (nSPS) is 22.5. The van der Waals surface area contributed by atoms with Gasteiger partial charge >= 0.3 is 0 Å². The summed E-state index contributed by atoms with van der Waals surface area (Å²) < 4.78 is 0. The van der Waals surface area contributed by atoms with Gasteiger partial charge in [-0.05, 0) is 49.8 Å². The van der Waals surface area contributed by atoms with Crippen LogP contribution in [0.5, 0.6) is 0 Å². The number of pyridine rings is 1. The third kappa shape index (κ3) is 4.36. The fraction of sp³-hybridized carbons (Fsp3) is 0.533. The summed E-state index contributed by atoms with van der Waals surface area (Å²) in [4.78, 5) is 15.8. The molecule has 0 bridgehead atoms. The molecule has 1 heterocycles. The third-order valence-electron chi connectivity index (χ3n) is 3.66. The van der Waals surface area contributed by atoms with Crippen LogP contribution in [0.2, 0.25) is 0 Å². The van der Waals surface area contributed by atoms with E-state index in [1.807, 2.05) is 12.1 Å². The minimum absolute atomic E-state index is 0.109. The van der Waals surface area contributed by atoms with Crippen LogP contribution in [0, 0.1) is 17.2 Å². The summed E-state index contributed by atoms with van der Waals surface area (Å²) in [6.45, 7) is 0. The van der Waals surface area contributed by atoms with E-state index in [1.54, 1.807) is 12.4 Å². The van der Waals surface area contributed by atoms with Crippen molar-refractivity contribution in [2.24, 2.45) is 5.92 Å². The number of nitriles is 1. The standard InChI is InChI=1S/C15H19N3O/c16-11-13-1-4-14(5-2-13)18-15(19)6-3-12-7-9-17-10-8-12/h7-10,13-14H,1-6H2,(H,18,19). The molecule has 19 heavy (non-hydrogen) atoms. The molecule has 0 aliphatic heterocycles. The largest absolute Gasteiger partial charge is 0.353 e. The Kier molecular flexibility index (Phi) is 4.91. The molecule has 1 N–H and O–H groups in total. The average Bonchev–Trinajstić information content (AvgIpc) is 2.47. The van der Waals surface area contributed by atoms with Gasteiger partial charge < -0.3 is 5.32 Å². The van der Waals surface area contributed by atoms with Gasteiger partial charge in [-0.25, -0.2) is 0 Å². The summed E-state index contributed by atoms with van der Waals surface area (Å²) >= 11 is 0. The van der Waals surface area contributed by atoms with E-state index in [0.717, 1.165) is 37.7 Å². The van der Waals surface area contributed by atoms with E-state index >= 15 is 0 Å². The number of hydrogen-bond acceptors (Lipinski definition) is 3. The van der Waals surface area contributed by atoms with Crippen LogP contribution < -0.4 is 5.32 Å². The molecule has 1 fully saturated rings. The number of aryl methyl sites for hydroxylation is 1. The van der Waals surface area contributed by atoms with Crippen molar-refractivity contribution < 1.29 is 4.79 Å². The summed E-state index contributed by atoms with van der Waals surface area (Å²) in [5.41, 5.74) is 1.14. The number of nitrogens with one attached hydrogen (secondary N) is 1. The number of carbonyl (C=O) groups excluding carboxylic acids is 1. The van der Waals surface area contributed by atoms with E-state index in [1.165, 1.54) is 0 Å². The van der Waals surface area contributed by atoms with Crippen molar-refractivity contribution in [3.8, 4) is 6.07 Å². The Morgan fingerprint density at radius 3 is 2.63 bits per heavy atom. The molecule has 0 atom stereocenters. The Morgan fingerprint density at radius 2 is 2.00 bits per heavy atom. The van der Waals surface area contributed by atoms with Crippen LogP contribution in [-0.2, 0) is 11.2 Å². The smallest absolute Gasteiger partial charge is 0.220 e. The van der Waals surface area contributed by atoms with Crippen LogP contribution in [0.15, 0.2) is 24.5 Å². The monoisotopic (exact) mass is 257 g/mol. The van der Waals surface area contributed by atoms with Crippen molar-refractivity contribution in [1.29, 1.82) is 5.26 Å². The lowest BCUT2D eigenvalue weighted by Crippen LogP contribution is -2.37. The zero-order valence-corrected chi connectivity index (χ0v) is 11.0. The third-order valence-corrected chi connectivity index (χ3v) is 3.66. The predicted octanol–water partition coefficient (Wildman–Crippen LogP) is 2.21. The Hall–Kier alpha value is -1.89. The lowest BCUT2D eigenvalue weighted by molar-refractivity contribution is -0.122. The van der Waals surface area contributed by atoms with E-state index in [2.05, 4.69) is 16.4 Å². The van der Waals surface area contributed by atoms with E-state index in [4.69, 9.17) is 5.26 Å². The van der Waals surface area contributed by atoms with Crippen LogP contribution in [0.25, 0.3) is 0 Å². The molecule has 0 unspecified atom stereocenters. The van der Waals surface area contributed by atoms with Gasteiger partial charge in [-0.3, -0.25) is 9.78 Å². The lowest BCUT2D eigenvalue weighted by atomic mass is 9.87. The number of rotatable bonds is 4. The summed E-state index contributed by atoms with van der Waals surface area (Å²) in [6, 6.07) is 6.44. The van der Waals surface area contributed by atoms with Crippen LogP contribution in [-0.4, -0.2) is 16.9 Å². The van der Waals surface area contributed by atoms with Crippen molar-refractivity contribution in [2.45, 2.75) is 44.6 Å². The number of nitrogens with zero attached hydrogens (tertiary/aromatic N) is 2. The maximum atomic E-state index is 11.8. The summed E-state index contributed by atoms with van der Waals surface area (Å²) in [5.74, 6) is 0.294. The molecule has 1 aliphatic carbocycles. The Bertz CT molecular complexity index is 444. The first-order valence-electron chi connectivity index (χ1n) is 6.86. The molecule has 4 heteroatoms. The number of aromatic nitrogens is 1. The van der Waals surface area contributed by atoms with Crippen molar-refractivity contribution in [2.75, 3.05) is 0 Å². The fourth-order valence-electron chi connectivity index (χ4n) is 2.47. The highest BCUT2D eigenvalue weighted by molar-refractivity contribution is 5.76. The Labute approximate surface area is 113 Å². The fourth-order valence-corrected chi connectivity index (χ4v) is 2.47. The van der Waals surface area contributed by atoms with Gasteiger partial charge in [0.2, 0.25) is 5.91 Å². The van der Waals surface area contributed by atoms with Crippen LogP contribution in [0.3, 0.4) is 0 Å².